The predicted octanol–water partition coefficient (Wildman–Crippen LogP) is 0.474. The highest BCUT2D eigenvalue weighted by Crippen LogP contribution is 2.09. The molecule has 80 valence electrons. The number of aliphatic carboxylic acids is 1. The van der Waals surface area contributed by atoms with Crippen molar-refractivity contribution in [2.45, 2.75) is 25.9 Å². The van der Waals surface area contributed by atoms with E-state index in [1.54, 1.807) is 13.0 Å². The van der Waals surface area contributed by atoms with E-state index in [1.807, 2.05) is 0 Å². The van der Waals surface area contributed by atoms with E-state index in [1.165, 1.54) is 0 Å². The minimum absolute atomic E-state index is 0.171. The first kappa shape index (κ1) is 11.2. The predicted molar refractivity (Wildman–Crippen MR) is 53.1 cm³/mol. The quantitative estimate of drug-likeness (QED) is 0.649. The summed E-state index contributed by atoms with van der Waals surface area (Å²) >= 11 is 0. The molecule has 0 aromatic rings. The molecule has 1 saturated heterocycles. The number of carboxylic acids is 1. The lowest BCUT2D eigenvalue weighted by atomic mass is 10.1. The Morgan fingerprint density at radius 2 is 2.07 bits per heavy atom. The zero-order chi connectivity index (χ0) is 10.6. The molecule has 1 aliphatic heterocycles. The van der Waals surface area contributed by atoms with Gasteiger partial charge in [-0.1, -0.05) is 6.08 Å². The summed E-state index contributed by atoms with van der Waals surface area (Å²) in [6.45, 7) is 3.97. The van der Waals surface area contributed by atoms with E-state index in [-0.39, 0.29) is 6.10 Å². The fraction of sp³-hybridized carbons (Fsp3) is 0.700. The molecule has 0 aliphatic carbocycles. The number of hydrogen-bond acceptors (Lipinski definition) is 3. The molecule has 2 N–H and O–H groups in total. The highest BCUT2D eigenvalue weighted by molar-refractivity contribution is 5.85. The van der Waals surface area contributed by atoms with E-state index in [0.717, 1.165) is 25.9 Å². The zero-order valence-corrected chi connectivity index (χ0v) is 8.44. The summed E-state index contributed by atoms with van der Waals surface area (Å²) in [5.74, 6) is -0.859. The number of hydrogen-bond donors (Lipinski definition) is 2. The van der Waals surface area contributed by atoms with Gasteiger partial charge < -0.3 is 10.2 Å². The molecule has 0 spiro atoms. The van der Waals surface area contributed by atoms with Crippen LogP contribution in [0.5, 0.6) is 0 Å². The van der Waals surface area contributed by atoms with Crippen LogP contribution >= 0.6 is 0 Å². The molecule has 1 rings (SSSR count). The van der Waals surface area contributed by atoms with Gasteiger partial charge in [0.25, 0.3) is 0 Å². The summed E-state index contributed by atoms with van der Waals surface area (Å²) in [5.41, 5.74) is 0.385. The highest BCUT2D eigenvalue weighted by Gasteiger charge is 2.15. The average Bonchev–Trinajstić information content (AvgIpc) is 2.16. The van der Waals surface area contributed by atoms with Gasteiger partial charge in [-0.2, -0.15) is 0 Å². The first-order chi connectivity index (χ1) is 6.59. The molecular weight excluding hydrogens is 182 g/mol. The van der Waals surface area contributed by atoms with Crippen LogP contribution in [0.1, 0.15) is 19.8 Å². The average molecular weight is 199 g/mol. The topological polar surface area (TPSA) is 60.8 Å². The van der Waals surface area contributed by atoms with Gasteiger partial charge in [0.2, 0.25) is 0 Å². The van der Waals surface area contributed by atoms with Crippen LogP contribution in [0.4, 0.5) is 0 Å². The van der Waals surface area contributed by atoms with Gasteiger partial charge in [-0.3, -0.25) is 4.90 Å². The molecule has 0 atom stereocenters. The van der Waals surface area contributed by atoms with Crippen LogP contribution in [-0.2, 0) is 4.79 Å². The largest absolute Gasteiger partial charge is 0.478 e. The second-order valence-corrected chi connectivity index (χ2v) is 3.72. The fourth-order valence-corrected chi connectivity index (χ4v) is 1.46. The summed E-state index contributed by atoms with van der Waals surface area (Å²) < 4.78 is 0. The normalized spacial score (nSPS) is 21.1. The van der Waals surface area contributed by atoms with E-state index in [0.29, 0.717) is 12.1 Å². The summed E-state index contributed by atoms with van der Waals surface area (Å²) in [7, 11) is 0. The summed E-state index contributed by atoms with van der Waals surface area (Å²) in [6, 6.07) is 0. The molecule has 0 aromatic carbocycles. The highest BCUT2D eigenvalue weighted by atomic mass is 16.4. The van der Waals surface area contributed by atoms with E-state index in [2.05, 4.69) is 4.90 Å². The van der Waals surface area contributed by atoms with Gasteiger partial charge in [-0.05, 0) is 19.8 Å². The summed E-state index contributed by atoms with van der Waals surface area (Å²) in [4.78, 5) is 12.6. The number of aliphatic hydroxyl groups is 1. The van der Waals surface area contributed by atoms with E-state index >= 15 is 0 Å². The van der Waals surface area contributed by atoms with Gasteiger partial charge in [0.1, 0.15) is 0 Å². The van der Waals surface area contributed by atoms with Crippen molar-refractivity contribution in [2.75, 3.05) is 19.6 Å². The van der Waals surface area contributed by atoms with Crippen molar-refractivity contribution in [2.24, 2.45) is 0 Å². The maximum atomic E-state index is 10.5. The number of rotatable bonds is 3. The minimum atomic E-state index is -0.859. The Bertz CT molecular complexity index is 230. The smallest absolute Gasteiger partial charge is 0.330 e. The van der Waals surface area contributed by atoms with Crippen LogP contribution in [0.2, 0.25) is 0 Å². The molecule has 1 heterocycles. The van der Waals surface area contributed by atoms with Crippen LogP contribution < -0.4 is 0 Å². The molecule has 0 aromatic heterocycles. The lowest BCUT2D eigenvalue weighted by Crippen LogP contribution is -2.36. The molecule has 0 saturated carbocycles. The van der Waals surface area contributed by atoms with Crippen LogP contribution in [0.3, 0.4) is 0 Å². The monoisotopic (exact) mass is 199 g/mol. The van der Waals surface area contributed by atoms with Gasteiger partial charge in [0, 0.05) is 25.2 Å². The third-order valence-electron chi connectivity index (χ3n) is 2.55. The first-order valence-electron chi connectivity index (χ1n) is 4.90. The van der Waals surface area contributed by atoms with Crippen molar-refractivity contribution in [1.82, 2.24) is 4.90 Å². The number of carbonyl (C=O) groups is 1. The van der Waals surface area contributed by atoms with Crippen molar-refractivity contribution >= 4 is 5.97 Å². The van der Waals surface area contributed by atoms with Crippen molar-refractivity contribution < 1.29 is 15.0 Å². The van der Waals surface area contributed by atoms with E-state index < -0.39 is 5.97 Å². The lowest BCUT2D eigenvalue weighted by Gasteiger charge is -2.28. The second kappa shape index (κ2) is 5.12. The summed E-state index contributed by atoms with van der Waals surface area (Å²) in [5, 5.41) is 17.9. The maximum absolute atomic E-state index is 10.5. The van der Waals surface area contributed by atoms with Gasteiger partial charge in [0.05, 0.1) is 6.10 Å². The molecule has 0 bridgehead atoms. The lowest BCUT2D eigenvalue weighted by molar-refractivity contribution is -0.132. The Morgan fingerprint density at radius 1 is 1.50 bits per heavy atom. The Balaban J connectivity index is 2.32. The van der Waals surface area contributed by atoms with Crippen molar-refractivity contribution in [3.05, 3.63) is 11.6 Å². The number of piperidine rings is 1. The van der Waals surface area contributed by atoms with Crippen molar-refractivity contribution in [3.8, 4) is 0 Å². The molecular formula is C10H17NO3. The van der Waals surface area contributed by atoms with Crippen LogP contribution in [0, 0.1) is 0 Å². The molecule has 1 aliphatic rings. The minimum Gasteiger partial charge on any atom is -0.478 e. The zero-order valence-electron chi connectivity index (χ0n) is 8.44. The van der Waals surface area contributed by atoms with E-state index in [4.69, 9.17) is 5.11 Å². The fourth-order valence-electron chi connectivity index (χ4n) is 1.46. The van der Waals surface area contributed by atoms with Crippen LogP contribution in [0.15, 0.2) is 11.6 Å². The third kappa shape index (κ3) is 3.47. The molecule has 0 unspecified atom stereocenters. The third-order valence-corrected chi connectivity index (χ3v) is 2.55. The Labute approximate surface area is 83.8 Å². The number of carboxylic acid groups (broad SMARTS) is 1. The van der Waals surface area contributed by atoms with Crippen molar-refractivity contribution in [3.63, 3.8) is 0 Å². The van der Waals surface area contributed by atoms with E-state index in [9.17, 15) is 9.90 Å². The van der Waals surface area contributed by atoms with Gasteiger partial charge in [-0.15, -0.1) is 0 Å². The standard InChI is InChI=1S/C10H17NO3/c1-8(10(13)14)2-5-11-6-3-9(12)4-7-11/h2,9,12H,3-7H2,1H3,(H,13,14)/b8-2+. The Kier molecular flexibility index (Phi) is 4.10. The maximum Gasteiger partial charge on any atom is 0.330 e. The van der Waals surface area contributed by atoms with Crippen molar-refractivity contribution in [1.29, 1.82) is 0 Å². The molecule has 0 radical (unpaired) electrons. The van der Waals surface area contributed by atoms with Gasteiger partial charge in [0.15, 0.2) is 0 Å². The molecule has 1 fully saturated rings. The SMILES string of the molecule is C/C(=C\CN1CCC(O)CC1)C(=O)O. The second-order valence-electron chi connectivity index (χ2n) is 3.72. The first-order valence-corrected chi connectivity index (χ1v) is 4.90. The Morgan fingerprint density at radius 3 is 2.57 bits per heavy atom. The molecule has 14 heavy (non-hydrogen) atoms. The van der Waals surface area contributed by atoms with Gasteiger partial charge >= 0.3 is 5.97 Å². The van der Waals surface area contributed by atoms with Crippen LogP contribution in [0.25, 0.3) is 0 Å². The Hall–Kier alpha value is -0.870. The molecule has 4 heteroatoms. The summed E-state index contributed by atoms with van der Waals surface area (Å²) in [6.07, 6.45) is 3.13. The number of aliphatic hydroxyl groups excluding tert-OH is 1. The number of nitrogens with zero attached hydrogens (tertiary/aromatic N) is 1. The number of likely N-dealkylation sites (tertiary alicyclic amines) is 1. The van der Waals surface area contributed by atoms with Gasteiger partial charge in [-0.25, -0.2) is 4.79 Å². The van der Waals surface area contributed by atoms with Crippen LogP contribution in [-0.4, -0.2) is 46.8 Å². The molecule has 0 amide bonds. The molecule has 4 nitrogen and oxygen atoms in total.